The highest BCUT2D eigenvalue weighted by Crippen LogP contribution is 2.27. The number of alkyl halides is 1. The standard InChI is InChI=1S/C7H10BrN/c8-7-3-1-2-6(4-7)5-9/h6-7H,1-4H2. The van der Waals surface area contributed by atoms with Gasteiger partial charge in [-0.3, -0.25) is 0 Å². The van der Waals surface area contributed by atoms with Crippen LogP contribution in [-0.2, 0) is 0 Å². The lowest BCUT2D eigenvalue weighted by atomic mass is 9.90. The van der Waals surface area contributed by atoms with Crippen molar-refractivity contribution in [1.29, 1.82) is 5.26 Å². The molecule has 0 spiro atoms. The highest BCUT2D eigenvalue weighted by Gasteiger charge is 2.18. The van der Waals surface area contributed by atoms with Crippen molar-refractivity contribution in [1.82, 2.24) is 0 Å². The van der Waals surface area contributed by atoms with E-state index in [-0.39, 0.29) is 0 Å². The smallest absolute Gasteiger partial charge is 0.0656 e. The molecule has 1 aliphatic rings. The van der Waals surface area contributed by atoms with Crippen molar-refractivity contribution in [3.8, 4) is 6.07 Å². The van der Waals surface area contributed by atoms with Crippen molar-refractivity contribution in [2.24, 2.45) is 5.92 Å². The van der Waals surface area contributed by atoms with Crippen molar-refractivity contribution in [3.63, 3.8) is 0 Å². The zero-order valence-corrected chi connectivity index (χ0v) is 6.89. The molecule has 0 aromatic heterocycles. The van der Waals surface area contributed by atoms with E-state index in [1.165, 1.54) is 12.8 Å². The quantitative estimate of drug-likeness (QED) is 0.535. The summed E-state index contributed by atoms with van der Waals surface area (Å²) in [5.74, 6) is 0.322. The van der Waals surface area contributed by atoms with Crippen molar-refractivity contribution < 1.29 is 0 Å². The predicted molar refractivity (Wildman–Crippen MR) is 40.3 cm³/mol. The molecule has 1 saturated carbocycles. The minimum atomic E-state index is 0.322. The van der Waals surface area contributed by atoms with Crippen LogP contribution in [0.3, 0.4) is 0 Å². The summed E-state index contributed by atoms with van der Waals surface area (Å²) in [4.78, 5) is 0.607. The highest BCUT2D eigenvalue weighted by molar-refractivity contribution is 9.09. The summed E-state index contributed by atoms with van der Waals surface area (Å²) in [6, 6.07) is 2.30. The van der Waals surface area contributed by atoms with Gasteiger partial charge in [0.25, 0.3) is 0 Å². The molecule has 1 rings (SSSR count). The first-order valence-electron chi connectivity index (χ1n) is 3.36. The van der Waals surface area contributed by atoms with Crippen LogP contribution in [0.5, 0.6) is 0 Å². The maximum atomic E-state index is 8.54. The van der Waals surface area contributed by atoms with Crippen LogP contribution >= 0.6 is 15.9 Å². The van der Waals surface area contributed by atoms with Gasteiger partial charge in [0.15, 0.2) is 0 Å². The Kier molecular flexibility index (Phi) is 2.53. The first kappa shape index (κ1) is 7.08. The van der Waals surface area contributed by atoms with Crippen molar-refractivity contribution >= 4 is 15.9 Å². The number of hydrogen-bond donors (Lipinski definition) is 0. The van der Waals surface area contributed by atoms with Gasteiger partial charge >= 0.3 is 0 Å². The third-order valence-corrected chi connectivity index (χ3v) is 2.62. The molecular formula is C7H10BrN. The maximum Gasteiger partial charge on any atom is 0.0656 e. The van der Waals surface area contributed by atoms with Gasteiger partial charge in [0.2, 0.25) is 0 Å². The minimum absolute atomic E-state index is 0.322. The Labute approximate surface area is 64.2 Å². The molecule has 1 fully saturated rings. The van der Waals surface area contributed by atoms with Crippen LogP contribution in [0.2, 0.25) is 0 Å². The van der Waals surface area contributed by atoms with Crippen molar-refractivity contribution in [2.75, 3.05) is 0 Å². The van der Waals surface area contributed by atoms with Crippen molar-refractivity contribution in [3.05, 3.63) is 0 Å². The Bertz CT molecular complexity index is 127. The average Bonchev–Trinajstić information content (AvgIpc) is 1.88. The Hall–Kier alpha value is -0.0300. The van der Waals surface area contributed by atoms with Gasteiger partial charge in [-0.15, -0.1) is 0 Å². The van der Waals surface area contributed by atoms with Gasteiger partial charge in [0.05, 0.1) is 6.07 Å². The first-order valence-corrected chi connectivity index (χ1v) is 4.28. The fourth-order valence-corrected chi connectivity index (χ4v) is 2.02. The molecule has 0 aliphatic heterocycles. The molecule has 0 N–H and O–H groups in total. The van der Waals surface area contributed by atoms with Gasteiger partial charge in [-0.25, -0.2) is 0 Å². The number of hydrogen-bond acceptors (Lipinski definition) is 1. The van der Waals surface area contributed by atoms with Gasteiger partial charge < -0.3 is 0 Å². The van der Waals surface area contributed by atoms with Gasteiger partial charge in [-0.05, 0) is 19.3 Å². The molecule has 0 bridgehead atoms. The molecule has 0 amide bonds. The summed E-state index contributed by atoms with van der Waals surface area (Å²) in [5.41, 5.74) is 0. The lowest BCUT2D eigenvalue weighted by molar-refractivity contribution is 0.441. The minimum Gasteiger partial charge on any atom is -0.198 e. The topological polar surface area (TPSA) is 23.8 Å². The van der Waals surface area contributed by atoms with E-state index in [1.54, 1.807) is 0 Å². The molecule has 2 heteroatoms. The Balaban J connectivity index is 2.34. The summed E-state index contributed by atoms with van der Waals surface area (Å²) in [5, 5.41) is 8.54. The van der Waals surface area contributed by atoms with Crippen LogP contribution < -0.4 is 0 Å². The summed E-state index contributed by atoms with van der Waals surface area (Å²) in [6.45, 7) is 0. The molecule has 0 heterocycles. The largest absolute Gasteiger partial charge is 0.198 e. The molecule has 0 aromatic carbocycles. The number of rotatable bonds is 0. The third kappa shape index (κ3) is 1.98. The molecule has 1 aliphatic carbocycles. The second kappa shape index (κ2) is 3.22. The molecule has 1 nitrogen and oxygen atoms in total. The summed E-state index contributed by atoms with van der Waals surface area (Å²) in [6.07, 6.45) is 4.63. The summed E-state index contributed by atoms with van der Waals surface area (Å²) >= 11 is 3.52. The predicted octanol–water partition coefficient (Wildman–Crippen LogP) is 2.46. The lowest BCUT2D eigenvalue weighted by Gasteiger charge is -2.19. The maximum absolute atomic E-state index is 8.54. The van der Waals surface area contributed by atoms with Crippen LogP contribution in [0.15, 0.2) is 0 Å². The molecule has 50 valence electrons. The van der Waals surface area contributed by atoms with Gasteiger partial charge in [0, 0.05) is 10.7 Å². The second-order valence-electron chi connectivity index (χ2n) is 2.59. The van der Waals surface area contributed by atoms with Crippen LogP contribution in [0.1, 0.15) is 25.7 Å². The van der Waals surface area contributed by atoms with E-state index in [9.17, 15) is 0 Å². The van der Waals surface area contributed by atoms with E-state index in [2.05, 4.69) is 22.0 Å². The molecule has 2 unspecified atom stereocenters. The van der Waals surface area contributed by atoms with E-state index in [4.69, 9.17) is 5.26 Å². The Morgan fingerprint density at radius 3 is 2.67 bits per heavy atom. The first-order chi connectivity index (χ1) is 4.33. The number of nitrogens with zero attached hydrogens (tertiary/aromatic N) is 1. The molecule has 0 radical (unpaired) electrons. The van der Waals surface area contributed by atoms with E-state index < -0.39 is 0 Å². The van der Waals surface area contributed by atoms with Gasteiger partial charge in [-0.2, -0.15) is 5.26 Å². The Morgan fingerprint density at radius 2 is 2.22 bits per heavy atom. The van der Waals surface area contributed by atoms with Crippen LogP contribution in [0.25, 0.3) is 0 Å². The Morgan fingerprint density at radius 1 is 1.44 bits per heavy atom. The summed E-state index contributed by atoms with van der Waals surface area (Å²) in [7, 11) is 0. The molecular weight excluding hydrogens is 178 g/mol. The molecule has 0 aromatic rings. The zero-order chi connectivity index (χ0) is 6.69. The lowest BCUT2D eigenvalue weighted by Crippen LogP contribution is -2.12. The van der Waals surface area contributed by atoms with Crippen LogP contribution in [0, 0.1) is 17.2 Å². The van der Waals surface area contributed by atoms with Crippen LogP contribution in [0.4, 0.5) is 0 Å². The highest BCUT2D eigenvalue weighted by atomic mass is 79.9. The fourth-order valence-electron chi connectivity index (χ4n) is 1.25. The summed E-state index contributed by atoms with van der Waals surface area (Å²) < 4.78 is 0. The monoisotopic (exact) mass is 187 g/mol. The van der Waals surface area contributed by atoms with E-state index in [0.29, 0.717) is 10.7 Å². The van der Waals surface area contributed by atoms with Crippen LogP contribution in [-0.4, -0.2) is 4.83 Å². The fraction of sp³-hybridized carbons (Fsp3) is 0.857. The third-order valence-electron chi connectivity index (χ3n) is 1.79. The zero-order valence-electron chi connectivity index (χ0n) is 5.31. The van der Waals surface area contributed by atoms with E-state index in [0.717, 1.165) is 12.8 Å². The number of nitriles is 1. The van der Waals surface area contributed by atoms with Gasteiger partial charge in [-0.1, -0.05) is 22.4 Å². The number of halogens is 1. The molecule has 9 heavy (non-hydrogen) atoms. The van der Waals surface area contributed by atoms with Gasteiger partial charge in [0.1, 0.15) is 0 Å². The second-order valence-corrected chi connectivity index (χ2v) is 3.88. The van der Waals surface area contributed by atoms with Crippen molar-refractivity contribution in [2.45, 2.75) is 30.5 Å². The average molecular weight is 188 g/mol. The van der Waals surface area contributed by atoms with E-state index >= 15 is 0 Å². The molecule has 0 saturated heterocycles. The van der Waals surface area contributed by atoms with E-state index in [1.807, 2.05) is 0 Å². The normalized spacial score (nSPS) is 35.6. The SMILES string of the molecule is N#CC1CCCC(Br)C1. The molecule has 2 atom stereocenters.